The molecule has 7 heteroatoms. The molecule has 1 aromatic carbocycles. The second-order valence-electron chi connectivity index (χ2n) is 6.30. The topological polar surface area (TPSA) is 73.9 Å². The molecule has 2 N–H and O–H groups in total. The van der Waals surface area contributed by atoms with E-state index in [1.807, 2.05) is 13.0 Å². The second-order valence-corrected chi connectivity index (χ2v) is 6.30. The number of fused-ring (bicyclic) bond motifs is 2. The number of anilines is 1. The molecular formula is C19H18FN5O. The lowest BCUT2D eigenvalue weighted by Crippen LogP contribution is -2.42. The van der Waals surface area contributed by atoms with Crippen LogP contribution in [-0.2, 0) is 4.79 Å². The highest BCUT2D eigenvalue weighted by atomic mass is 19.1. The average molecular weight is 351 g/mol. The third-order valence-corrected chi connectivity index (χ3v) is 4.84. The third-order valence-electron chi connectivity index (χ3n) is 4.84. The number of nitrogens with zero attached hydrogens (tertiary/aromatic N) is 3. The van der Waals surface area contributed by atoms with Gasteiger partial charge in [-0.05, 0) is 42.3 Å². The van der Waals surface area contributed by atoms with E-state index in [0.29, 0.717) is 18.0 Å². The van der Waals surface area contributed by atoms with Crippen molar-refractivity contribution in [2.24, 2.45) is 0 Å². The second kappa shape index (κ2) is 6.25. The first kappa shape index (κ1) is 16.3. The van der Waals surface area contributed by atoms with Gasteiger partial charge in [0.15, 0.2) is 0 Å². The summed E-state index contributed by atoms with van der Waals surface area (Å²) in [5.41, 5.74) is 2.45. The van der Waals surface area contributed by atoms with Crippen LogP contribution >= 0.6 is 0 Å². The summed E-state index contributed by atoms with van der Waals surface area (Å²) >= 11 is 0. The Morgan fingerprint density at radius 2 is 2.23 bits per heavy atom. The van der Waals surface area contributed by atoms with Crippen molar-refractivity contribution < 1.29 is 9.18 Å². The fourth-order valence-electron chi connectivity index (χ4n) is 3.52. The summed E-state index contributed by atoms with van der Waals surface area (Å²) in [6, 6.07) is 6.10. The molecule has 4 rings (SSSR count). The van der Waals surface area contributed by atoms with Crippen LogP contribution in [0.15, 0.2) is 49.4 Å². The number of carbonyl (C=O) groups is 1. The van der Waals surface area contributed by atoms with Gasteiger partial charge in [0, 0.05) is 12.7 Å². The zero-order chi connectivity index (χ0) is 18.3. The van der Waals surface area contributed by atoms with E-state index in [1.165, 1.54) is 24.5 Å². The number of aromatic nitrogens is 3. The largest absolute Gasteiger partial charge is 0.361 e. The number of rotatable bonds is 3. The highest BCUT2D eigenvalue weighted by Gasteiger charge is 2.33. The summed E-state index contributed by atoms with van der Waals surface area (Å²) < 4.78 is 13.9. The van der Waals surface area contributed by atoms with Crippen LogP contribution in [0.2, 0.25) is 0 Å². The smallest absolute Gasteiger partial charge is 0.246 e. The standard InChI is InChI=1S/C19H18FN5O/c1-3-17(26)25-9-16(15-8-12(20)4-5-13(15)11(25)2)24-19-14-6-7-21-18(14)22-10-23-19/h3-8,10-11,16H,1,9H2,2H3,(H2,21,22,23,24)/t11-,16-/m0/s1. The Balaban J connectivity index is 1.78. The van der Waals surface area contributed by atoms with Crippen molar-refractivity contribution in [1.82, 2.24) is 19.9 Å². The van der Waals surface area contributed by atoms with Gasteiger partial charge in [0.05, 0.1) is 17.5 Å². The molecule has 0 saturated carbocycles. The summed E-state index contributed by atoms with van der Waals surface area (Å²) in [4.78, 5) is 25.6. The van der Waals surface area contributed by atoms with E-state index in [9.17, 15) is 9.18 Å². The molecule has 0 fully saturated rings. The van der Waals surface area contributed by atoms with Crippen LogP contribution in [0.4, 0.5) is 10.2 Å². The molecule has 2 aromatic heterocycles. The highest BCUT2D eigenvalue weighted by molar-refractivity contribution is 5.88. The molecule has 3 aromatic rings. The Morgan fingerprint density at radius 3 is 3.04 bits per heavy atom. The zero-order valence-electron chi connectivity index (χ0n) is 14.2. The lowest BCUT2D eigenvalue weighted by molar-refractivity contribution is -0.128. The first-order chi connectivity index (χ1) is 12.6. The summed E-state index contributed by atoms with van der Waals surface area (Å²) in [7, 11) is 0. The number of carbonyl (C=O) groups excluding carboxylic acids is 1. The van der Waals surface area contributed by atoms with E-state index >= 15 is 0 Å². The lowest BCUT2D eigenvalue weighted by atomic mass is 9.89. The van der Waals surface area contributed by atoms with Crippen LogP contribution in [0.5, 0.6) is 0 Å². The van der Waals surface area contributed by atoms with Crippen LogP contribution < -0.4 is 5.32 Å². The van der Waals surface area contributed by atoms with Crippen molar-refractivity contribution in [2.75, 3.05) is 11.9 Å². The van der Waals surface area contributed by atoms with Crippen molar-refractivity contribution >= 4 is 22.8 Å². The van der Waals surface area contributed by atoms with Gasteiger partial charge in [0.1, 0.15) is 23.6 Å². The first-order valence-electron chi connectivity index (χ1n) is 8.35. The van der Waals surface area contributed by atoms with E-state index in [1.54, 1.807) is 17.2 Å². The monoisotopic (exact) mass is 351 g/mol. The van der Waals surface area contributed by atoms with Gasteiger partial charge in [0.2, 0.25) is 5.91 Å². The fraction of sp³-hybridized carbons (Fsp3) is 0.211. The SMILES string of the molecule is C=CC(=O)N1C[C@H](Nc2ncnc3[nH]ccc23)c2cc(F)ccc2[C@@H]1C. The Bertz CT molecular complexity index is 999. The van der Waals surface area contributed by atoms with Gasteiger partial charge in [-0.15, -0.1) is 0 Å². The minimum absolute atomic E-state index is 0.159. The normalized spacial score (nSPS) is 19.2. The van der Waals surface area contributed by atoms with E-state index < -0.39 is 0 Å². The lowest BCUT2D eigenvalue weighted by Gasteiger charge is -2.39. The average Bonchev–Trinajstić information content (AvgIpc) is 3.13. The van der Waals surface area contributed by atoms with Crippen molar-refractivity contribution in [1.29, 1.82) is 0 Å². The van der Waals surface area contributed by atoms with Crippen molar-refractivity contribution in [2.45, 2.75) is 19.0 Å². The minimum Gasteiger partial charge on any atom is -0.361 e. The molecule has 132 valence electrons. The molecule has 0 spiro atoms. The number of nitrogens with one attached hydrogen (secondary N) is 2. The molecule has 2 atom stereocenters. The number of hydrogen-bond acceptors (Lipinski definition) is 4. The summed E-state index contributed by atoms with van der Waals surface area (Å²) in [6.07, 6.45) is 4.55. The van der Waals surface area contributed by atoms with E-state index in [2.05, 4.69) is 26.8 Å². The van der Waals surface area contributed by atoms with Crippen LogP contribution in [0.25, 0.3) is 11.0 Å². The predicted octanol–water partition coefficient (Wildman–Crippen LogP) is 3.34. The molecule has 1 amide bonds. The third kappa shape index (κ3) is 2.61. The van der Waals surface area contributed by atoms with Gasteiger partial charge in [-0.3, -0.25) is 4.79 Å². The highest BCUT2D eigenvalue weighted by Crippen LogP contribution is 2.37. The molecule has 0 radical (unpaired) electrons. The van der Waals surface area contributed by atoms with Gasteiger partial charge in [0.25, 0.3) is 0 Å². The predicted molar refractivity (Wildman–Crippen MR) is 97.0 cm³/mol. The quantitative estimate of drug-likeness (QED) is 0.710. The molecule has 26 heavy (non-hydrogen) atoms. The Morgan fingerprint density at radius 1 is 1.38 bits per heavy atom. The number of amides is 1. The molecule has 0 bridgehead atoms. The van der Waals surface area contributed by atoms with Crippen molar-refractivity contribution in [3.05, 3.63) is 66.4 Å². The Hall–Kier alpha value is -3.22. The van der Waals surface area contributed by atoms with Crippen molar-refractivity contribution in [3.8, 4) is 0 Å². The molecule has 6 nitrogen and oxygen atoms in total. The van der Waals surface area contributed by atoms with E-state index in [4.69, 9.17) is 0 Å². The fourth-order valence-corrected chi connectivity index (χ4v) is 3.52. The van der Waals surface area contributed by atoms with Crippen LogP contribution in [0, 0.1) is 5.82 Å². The Kier molecular flexibility index (Phi) is 3.91. The Labute approximate surface area is 149 Å². The molecule has 1 aliphatic rings. The molecule has 0 saturated heterocycles. The first-order valence-corrected chi connectivity index (χ1v) is 8.35. The molecule has 0 unspecified atom stereocenters. The number of aromatic amines is 1. The van der Waals surface area contributed by atoms with Gasteiger partial charge < -0.3 is 15.2 Å². The van der Waals surface area contributed by atoms with E-state index in [0.717, 1.165) is 16.5 Å². The maximum Gasteiger partial charge on any atom is 0.246 e. The van der Waals surface area contributed by atoms with Crippen LogP contribution in [0.3, 0.4) is 0 Å². The number of H-pyrrole nitrogens is 1. The molecule has 3 heterocycles. The maximum atomic E-state index is 13.9. The van der Waals surface area contributed by atoms with Crippen LogP contribution in [0.1, 0.15) is 30.1 Å². The van der Waals surface area contributed by atoms with Crippen molar-refractivity contribution in [3.63, 3.8) is 0 Å². The molecule has 1 aliphatic heterocycles. The van der Waals surface area contributed by atoms with Gasteiger partial charge in [-0.25, -0.2) is 14.4 Å². The van der Waals surface area contributed by atoms with Gasteiger partial charge >= 0.3 is 0 Å². The van der Waals surface area contributed by atoms with Gasteiger partial charge in [-0.1, -0.05) is 12.6 Å². The van der Waals surface area contributed by atoms with Crippen LogP contribution in [-0.4, -0.2) is 32.3 Å². The number of hydrogen-bond donors (Lipinski definition) is 2. The van der Waals surface area contributed by atoms with E-state index in [-0.39, 0.29) is 23.8 Å². The summed E-state index contributed by atoms with van der Waals surface area (Å²) in [5, 5.41) is 4.20. The molecule has 0 aliphatic carbocycles. The van der Waals surface area contributed by atoms with Gasteiger partial charge in [-0.2, -0.15) is 0 Å². The number of halogens is 1. The minimum atomic E-state index is -0.305. The zero-order valence-corrected chi connectivity index (χ0v) is 14.2. The molecular weight excluding hydrogens is 333 g/mol. The summed E-state index contributed by atoms with van der Waals surface area (Å²) in [6.45, 7) is 5.91. The summed E-state index contributed by atoms with van der Waals surface area (Å²) in [5.74, 6) is 0.173. The number of benzene rings is 1. The maximum absolute atomic E-state index is 13.9.